The Hall–Kier alpha value is -3.07. The number of rotatable bonds is 8. The molecule has 2 atom stereocenters. The first-order valence-corrected chi connectivity index (χ1v) is 10.6. The lowest BCUT2D eigenvalue weighted by atomic mass is 9.98. The summed E-state index contributed by atoms with van der Waals surface area (Å²) in [5, 5.41) is 6.96. The van der Waals surface area contributed by atoms with Crippen molar-refractivity contribution >= 4 is 17.6 Å². The lowest BCUT2D eigenvalue weighted by molar-refractivity contribution is -0.131. The van der Waals surface area contributed by atoms with Gasteiger partial charge in [0.05, 0.1) is 33.1 Å². The van der Waals surface area contributed by atoms with Crippen LogP contribution < -0.4 is 14.8 Å². The number of anilines is 1. The summed E-state index contributed by atoms with van der Waals surface area (Å²) in [6.45, 7) is 4.36. The Balaban J connectivity index is 1.40. The van der Waals surface area contributed by atoms with E-state index in [1.165, 1.54) is 0 Å². The molecular weight excluding hydrogens is 400 g/mol. The third-order valence-corrected chi connectivity index (χ3v) is 5.67. The van der Waals surface area contributed by atoms with Gasteiger partial charge in [-0.3, -0.25) is 9.59 Å². The largest absolute Gasteiger partial charge is 0.493 e. The molecule has 4 rings (SSSR count). The van der Waals surface area contributed by atoms with E-state index in [9.17, 15) is 9.59 Å². The summed E-state index contributed by atoms with van der Waals surface area (Å²) >= 11 is 0. The molecule has 2 aromatic rings. The van der Waals surface area contributed by atoms with Crippen molar-refractivity contribution in [2.75, 3.05) is 38.7 Å². The first kappa shape index (κ1) is 21.2. The molecule has 1 aromatic heterocycles. The Labute approximate surface area is 181 Å². The van der Waals surface area contributed by atoms with Gasteiger partial charge in [-0.05, 0) is 24.6 Å². The fraction of sp³-hybridized carbons (Fsp3) is 0.500. The first-order chi connectivity index (χ1) is 15.1. The predicted molar refractivity (Wildman–Crippen MR) is 113 cm³/mol. The maximum atomic E-state index is 12.6. The molecule has 0 radical (unpaired) electrons. The van der Waals surface area contributed by atoms with Crippen molar-refractivity contribution in [1.29, 1.82) is 0 Å². The minimum atomic E-state index is -0.232. The average molecular weight is 428 g/mol. The highest BCUT2D eigenvalue weighted by atomic mass is 16.6. The Kier molecular flexibility index (Phi) is 6.41. The van der Waals surface area contributed by atoms with Crippen molar-refractivity contribution in [3.8, 4) is 11.5 Å². The molecule has 9 nitrogen and oxygen atoms in total. The maximum Gasteiger partial charge on any atom is 0.245 e. The lowest BCUT2D eigenvalue weighted by Gasteiger charge is -2.19. The Bertz CT molecular complexity index is 938. The fourth-order valence-electron chi connectivity index (χ4n) is 4.02. The second kappa shape index (κ2) is 9.38. The number of ether oxygens (including phenoxy) is 3. The molecule has 1 N–H and O–H groups in total. The molecule has 0 saturated carbocycles. The number of aryl methyl sites for hydroxylation is 1. The number of nitrogens with zero attached hydrogens (tertiary/aromatic N) is 3. The molecule has 166 valence electrons. The highest BCUT2D eigenvalue weighted by Crippen LogP contribution is 2.36. The third kappa shape index (κ3) is 4.82. The van der Waals surface area contributed by atoms with E-state index in [0.717, 1.165) is 12.0 Å². The number of aromatic nitrogens is 2. The number of hydrogen-bond donors (Lipinski definition) is 1. The highest BCUT2D eigenvalue weighted by molar-refractivity contribution is 5.94. The molecule has 2 amide bonds. The van der Waals surface area contributed by atoms with Gasteiger partial charge in [0.25, 0.3) is 0 Å². The number of methoxy groups -OCH3 is 1. The van der Waals surface area contributed by atoms with Crippen LogP contribution in [0.1, 0.15) is 31.2 Å². The molecule has 0 unspecified atom stereocenters. The minimum absolute atomic E-state index is 0.00504. The van der Waals surface area contributed by atoms with Crippen LogP contribution in [0.3, 0.4) is 0 Å². The van der Waals surface area contributed by atoms with Gasteiger partial charge in [0.1, 0.15) is 11.9 Å². The van der Waals surface area contributed by atoms with E-state index >= 15 is 0 Å². The standard InChI is InChI=1S/C22H28N4O5/c1-3-26-20(6-8-23-26)24-21(27)13-25-12-16(11-22(25)28)15-4-5-18(29-2)19(10-15)31-17-7-9-30-14-17/h4-6,8,10,16-17H,3,7,9,11-14H2,1-2H3,(H,24,27)/t16-,17-/m1/s1. The van der Waals surface area contributed by atoms with Crippen molar-refractivity contribution in [2.24, 2.45) is 0 Å². The average Bonchev–Trinajstić information content (AvgIpc) is 3.50. The number of amides is 2. The smallest absolute Gasteiger partial charge is 0.245 e. The Morgan fingerprint density at radius 3 is 2.94 bits per heavy atom. The Morgan fingerprint density at radius 2 is 2.19 bits per heavy atom. The van der Waals surface area contributed by atoms with Crippen molar-refractivity contribution in [2.45, 2.75) is 38.3 Å². The molecule has 2 aliphatic rings. The van der Waals surface area contributed by atoms with Gasteiger partial charge < -0.3 is 24.4 Å². The summed E-state index contributed by atoms with van der Waals surface area (Å²) in [5.41, 5.74) is 0.995. The normalized spacial score (nSPS) is 20.8. The van der Waals surface area contributed by atoms with Gasteiger partial charge in [0, 0.05) is 37.9 Å². The number of carbonyl (C=O) groups is 2. The molecule has 3 heterocycles. The van der Waals surface area contributed by atoms with Crippen molar-refractivity contribution in [1.82, 2.24) is 14.7 Å². The fourth-order valence-corrected chi connectivity index (χ4v) is 4.02. The molecule has 31 heavy (non-hydrogen) atoms. The van der Waals surface area contributed by atoms with E-state index in [2.05, 4.69) is 10.4 Å². The van der Waals surface area contributed by atoms with Crippen LogP contribution in [0.4, 0.5) is 5.82 Å². The van der Waals surface area contributed by atoms with Gasteiger partial charge in [-0.25, -0.2) is 4.68 Å². The molecule has 0 bridgehead atoms. The summed E-state index contributed by atoms with van der Waals surface area (Å²) in [5.74, 6) is 1.67. The van der Waals surface area contributed by atoms with E-state index in [1.807, 2.05) is 25.1 Å². The lowest BCUT2D eigenvalue weighted by Crippen LogP contribution is -2.34. The number of nitrogens with one attached hydrogen (secondary N) is 1. The molecule has 9 heteroatoms. The van der Waals surface area contributed by atoms with E-state index in [1.54, 1.807) is 29.0 Å². The number of likely N-dealkylation sites (tertiary alicyclic amines) is 1. The van der Waals surface area contributed by atoms with Gasteiger partial charge in [-0.1, -0.05) is 6.07 Å². The second-order valence-electron chi connectivity index (χ2n) is 7.77. The van der Waals surface area contributed by atoms with Crippen LogP contribution >= 0.6 is 0 Å². The van der Waals surface area contributed by atoms with Crippen LogP contribution in [0.5, 0.6) is 11.5 Å². The molecule has 1 aromatic carbocycles. The monoisotopic (exact) mass is 428 g/mol. The van der Waals surface area contributed by atoms with Gasteiger partial charge in [0.15, 0.2) is 11.5 Å². The Morgan fingerprint density at radius 1 is 1.32 bits per heavy atom. The van der Waals surface area contributed by atoms with E-state index in [-0.39, 0.29) is 30.4 Å². The molecular formula is C22H28N4O5. The zero-order valence-electron chi connectivity index (χ0n) is 17.9. The summed E-state index contributed by atoms with van der Waals surface area (Å²) in [6.07, 6.45) is 2.84. The topological polar surface area (TPSA) is 94.9 Å². The van der Waals surface area contributed by atoms with Gasteiger partial charge in [-0.15, -0.1) is 0 Å². The quantitative estimate of drug-likeness (QED) is 0.691. The van der Waals surface area contributed by atoms with Gasteiger partial charge in [0.2, 0.25) is 11.8 Å². The van der Waals surface area contributed by atoms with Crippen LogP contribution in [-0.2, 0) is 20.9 Å². The SMILES string of the molecule is CCn1nccc1NC(=O)CN1C[C@H](c2ccc(OC)c(O[C@@H]3CCOC3)c2)CC1=O. The van der Waals surface area contributed by atoms with Crippen molar-refractivity contribution < 1.29 is 23.8 Å². The summed E-state index contributed by atoms with van der Waals surface area (Å²) in [7, 11) is 1.61. The maximum absolute atomic E-state index is 12.6. The summed E-state index contributed by atoms with van der Waals surface area (Å²) < 4.78 is 18.6. The second-order valence-corrected chi connectivity index (χ2v) is 7.77. The number of benzene rings is 1. The summed E-state index contributed by atoms with van der Waals surface area (Å²) in [4.78, 5) is 26.6. The van der Waals surface area contributed by atoms with Crippen molar-refractivity contribution in [3.63, 3.8) is 0 Å². The number of hydrogen-bond acceptors (Lipinski definition) is 6. The number of carbonyl (C=O) groups excluding carboxylic acids is 2. The predicted octanol–water partition coefficient (Wildman–Crippen LogP) is 2.03. The minimum Gasteiger partial charge on any atom is -0.493 e. The molecule has 2 saturated heterocycles. The summed E-state index contributed by atoms with van der Waals surface area (Å²) in [6, 6.07) is 7.51. The molecule has 0 spiro atoms. The van der Waals surface area contributed by atoms with Crippen LogP contribution in [-0.4, -0.2) is 66.0 Å². The molecule has 2 fully saturated rings. The van der Waals surface area contributed by atoms with Gasteiger partial charge in [-0.2, -0.15) is 5.10 Å². The highest BCUT2D eigenvalue weighted by Gasteiger charge is 2.32. The van der Waals surface area contributed by atoms with E-state index in [0.29, 0.717) is 50.0 Å². The third-order valence-electron chi connectivity index (χ3n) is 5.67. The van der Waals surface area contributed by atoms with Gasteiger partial charge >= 0.3 is 0 Å². The molecule has 0 aliphatic carbocycles. The van der Waals surface area contributed by atoms with E-state index in [4.69, 9.17) is 14.2 Å². The van der Waals surface area contributed by atoms with Crippen LogP contribution in [0.25, 0.3) is 0 Å². The molecule has 2 aliphatic heterocycles. The van der Waals surface area contributed by atoms with E-state index < -0.39 is 0 Å². The zero-order valence-corrected chi connectivity index (χ0v) is 17.9. The van der Waals surface area contributed by atoms with Crippen molar-refractivity contribution in [3.05, 3.63) is 36.0 Å². The van der Waals surface area contributed by atoms with Crippen LogP contribution in [0, 0.1) is 0 Å². The van der Waals surface area contributed by atoms with Crippen LogP contribution in [0.2, 0.25) is 0 Å². The zero-order chi connectivity index (χ0) is 21.8. The van der Waals surface area contributed by atoms with Crippen LogP contribution in [0.15, 0.2) is 30.5 Å². The first-order valence-electron chi connectivity index (χ1n) is 10.6.